The molecule has 1 nitrogen and oxygen atoms in total. The Morgan fingerprint density at radius 1 is 0.920 bits per heavy atom. The summed E-state index contributed by atoms with van der Waals surface area (Å²) in [4.78, 5) is 0. The molecule has 0 atom stereocenters. The first kappa shape index (κ1) is 15.0. The fraction of sp³-hybridized carbons (Fsp3) is 0.130. The van der Waals surface area contributed by atoms with E-state index in [1.165, 1.54) is 38.6 Å². The second-order valence-corrected chi connectivity index (χ2v) is 7.68. The monoisotopic (exact) mass is 388 g/mol. The topological polar surface area (TPSA) is 13.1 Å². The lowest BCUT2D eigenvalue weighted by Crippen LogP contribution is -1.92. The van der Waals surface area contributed by atoms with E-state index in [1.54, 1.807) is 0 Å². The van der Waals surface area contributed by atoms with Gasteiger partial charge in [0.2, 0.25) is 0 Å². The van der Waals surface area contributed by atoms with Crippen LogP contribution in [0.1, 0.15) is 23.1 Å². The molecule has 0 N–H and O–H groups in total. The quantitative estimate of drug-likeness (QED) is 0.333. The predicted molar refractivity (Wildman–Crippen MR) is 109 cm³/mol. The van der Waals surface area contributed by atoms with Gasteiger partial charge in [0, 0.05) is 15.2 Å². The summed E-state index contributed by atoms with van der Waals surface area (Å²) in [7, 11) is 0. The van der Waals surface area contributed by atoms with Gasteiger partial charge in [0.05, 0.1) is 0 Å². The van der Waals surface area contributed by atoms with Gasteiger partial charge in [-0.3, -0.25) is 0 Å². The number of fused-ring (bicyclic) bond motifs is 4. The number of halogens is 1. The lowest BCUT2D eigenvalue weighted by atomic mass is 9.95. The minimum Gasteiger partial charge on any atom is -0.456 e. The number of hydrogen-bond acceptors (Lipinski definition) is 1. The van der Waals surface area contributed by atoms with Crippen molar-refractivity contribution in [3.05, 3.63) is 75.8 Å². The highest BCUT2D eigenvalue weighted by atomic mass is 79.9. The average Bonchev–Trinajstić information content (AvgIpc) is 2.98. The zero-order valence-corrected chi connectivity index (χ0v) is 15.6. The summed E-state index contributed by atoms with van der Waals surface area (Å²) in [5, 5.41) is 2.42. The summed E-state index contributed by atoms with van der Waals surface area (Å²) in [6.07, 6.45) is 6.69. The van der Waals surface area contributed by atoms with Crippen LogP contribution >= 0.6 is 15.9 Å². The summed E-state index contributed by atoms with van der Waals surface area (Å²) in [6, 6.07) is 17.4. The van der Waals surface area contributed by atoms with E-state index in [4.69, 9.17) is 4.42 Å². The van der Waals surface area contributed by atoms with Crippen molar-refractivity contribution in [2.75, 3.05) is 0 Å². The summed E-state index contributed by atoms with van der Waals surface area (Å²) in [6.45, 7) is 2.14. The predicted octanol–water partition coefficient (Wildman–Crippen LogP) is 7.28. The Labute approximate surface area is 155 Å². The third kappa shape index (κ3) is 2.44. The van der Waals surface area contributed by atoms with Crippen LogP contribution in [-0.4, -0.2) is 0 Å². The largest absolute Gasteiger partial charge is 0.456 e. The molecule has 0 unspecified atom stereocenters. The molecule has 2 heteroatoms. The summed E-state index contributed by atoms with van der Waals surface area (Å²) in [5.74, 6) is 0. The zero-order valence-electron chi connectivity index (χ0n) is 14.0. The fourth-order valence-corrected chi connectivity index (χ4v) is 4.14. The van der Waals surface area contributed by atoms with Gasteiger partial charge in [0.15, 0.2) is 0 Å². The van der Waals surface area contributed by atoms with Crippen molar-refractivity contribution in [3.8, 4) is 11.1 Å². The summed E-state index contributed by atoms with van der Waals surface area (Å²) < 4.78 is 7.30. The molecule has 25 heavy (non-hydrogen) atoms. The van der Waals surface area contributed by atoms with E-state index in [2.05, 4.69) is 83.5 Å². The van der Waals surface area contributed by atoms with Crippen molar-refractivity contribution in [1.29, 1.82) is 0 Å². The number of rotatable bonds is 1. The maximum absolute atomic E-state index is 6.21. The van der Waals surface area contributed by atoms with Crippen molar-refractivity contribution in [2.45, 2.75) is 19.8 Å². The van der Waals surface area contributed by atoms with Crippen molar-refractivity contribution >= 4 is 43.9 Å². The Bertz CT molecular complexity index is 1160. The SMILES string of the molecule is Cc1ccc(Br)cc1-c1ccc2c(c1)oc1cc3c(cc12)CCC=C3. The number of aryl methyl sites for hydroxylation is 2. The van der Waals surface area contributed by atoms with Crippen LogP contribution in [0.3, 0.4) is 0 Å². The molecular weight excluding hydrogens is 372 g/mol. The van der Waals surface area contributed by atoms with E-state index < -0.39 is 0 Å². The van der Waals surface area contributed by atoms with Gasteiger partial charge in [0.1, 0.15) is 11.2 Å². The van der Waals surface area contributed by atoms with Gasteiger partial charge in [-0.25, -0.2) is 0 Å². The molecule has 0 radical (unpaired) electrons. The Balaban J connectivity index is 1.74. The molecule has 0 bridgehead atoms. The highest BCUT2D eigenvalue weighted by Gasteiger charge is 2.13. The van der Waals surface area contributed by atoms with Crippen LogP contribution in [0, 0.1) is 6.92 Å². The van der Waals surface area contributed by atoms with Crippen LogP contribution in [0.2, 0.25) is 0 Å². The zero-order chi connectivity index (χ0) is 17.0. The lowest BCUT2D eigenvalue weighted by Gasteiger charge is -2.09. The minimum absolute atomic E-state index is 0.957. The van der Waals surface area contributed by atoms with E-state index in [1.807, 2.05) is 0 Å². The molecule has 0 saturated carbocycles. The van der Waals surface area contributed by atoms with E-state index in [0.717, 1.165) is 28.5 Å². The van der Waals surface area contributed by atoms with Crippen LogP contribution in [0.5, 0.6) is 0 Å². The van der Waals surface area contributed by atoms with E-state index >= 15 is 0 Å². The van der Waals surface area contributed by atoms with Gasteiger partial charge in [-0.1, -0.05) is 40.2 Å². The number of hydrogen-bond donors (Lipinski definition) is 0. The minimum atomic E-state index is 0.957. The van der Waals surface area contributed by atoms with Gasteiger partial charge < -0.3 is 4.42 Å². The third-order valence-electron chi connectivity index (χ3n) is 5.12. The normalized spacial score (nSPS) is 13.5. The Morgan fingerprint density at radius 2 is 1.80 bits per heavy atom. The molecule has 0 spiro atoms. The van der Waals surface area contributed by atoms with Crippen molar-refractivity contribution in [2.24, 2.45) is 0 Å². The van der Waals surface area contributed by atoms with Crippen LogP contribution in [0.25, 0.3) is 39.1 Å². The summed E-state index contributed by atoms with van der Waals surface area (Å²) >= 11 is 3.58. The average molecular weight is 389 g/mol. The molecule has 0 amide bonds. The molecule has 1 aromatic heterocycles. The van der Waals surface area contributed by atoms with E-state index in [-0.39, 0.29) is 0 Å². The first-order valence-electron chi connectivity index (χ1n) is 8.61. The first-order valence-corrected chi connectivity index (χ1v) is 9.40. The standard InChI is InChI=1S/C23H17BrO/c1-14-6-8-18(24)13-20(14)17-7-9-19-21-10-15-4-2-3-5-16(15)11-23(21)25-22(19)12-17/h3,5-13H,2,4H2,1H3. The summed E-state index contributed by atoms with van der Waals surface area (Å²) in [5.41, 5.74) is 8.33. The highest BCUT2D eigenvalue weighted by Crippen LogP contribution is 2.36. The molecule has 5 rings (SSSR count). The molecule has 3 aromatic carbocycles. The van der Waals surface area contributed by atoms with Gasteiger partial charge in [-0.15, -0.1) is 0 Å². The molecule has 0 aliphatic heterocycles. The first-order chi connectivity index (χ1) is 12.2. The van der Waals surface area contributed by atoms with Crippen molar-refractivity contribution < 1.29 is 4.42 Å². The second-order valence-electron chi connectivity index (χ2n) is 6.76. The maximum Gasteiger partial charge on any atom is 0.136 e. The smallest absolute Gasteiger partial charge is 0.136 e. The van der Waals surface area contributed by atoms with Crippen LogP contribution < -0.4 is 0 Å². The molecule has 1 heterocycles. The second kappa shape index (κ2) is 5.60. The van der Waals surface area contributed by atoms with E-state index in [0.29, 0.717) is 0 Å². The lowest BCUT2D eigenvalue weighted by molar-refractivity contribution is 0.668. The molecule has 0 fully saturated rings. The van der Waals surface area contributed by atoms with Crippen LogP contribution in [0.15, 0.2) is 63.5 Å². The van der Waals surface area contributed by atoms with Gasteiger partial charge >= 0.3 is 0 Å². The van der Waals surface area contributed by atoms with Crippen molar-refractivity contribution in [3.63, 3.8) is 0 Å². The van der Waals surface area contributed by atoms with E-state index in [9.17, 15) is 0 Å². The molecule has 4 aromatic rings. The number of benzene rings is 3. The van der Waals surface area contributed by atoms with Gasteiger partial charge in [0.25, 0.3) is 0 Å². The van der Waals surface area contributed by atoms with Crippen LogP contribution in [0.4, 0.5) is 0 Å². The van der Waals surface area contributed by atoms with Crippen molar-refractivity contribution in [1.82, 2.24) is 0 Å². The molecule has 1 aliphatic rings. The maximum atomic E-state index is 6.21. The molecule has 0 saturated heterocycles. The number of furan rings is 1. The third-order valence-corrected chi connectivity index (χ3v) is 5.61. The van der Waals surface area contributed by atoms with Crippen LogP contribution in [-0.2, 0) is 6.42 Å². The number of allylic oxidation sites excluding steroid dienone is 1. The molecule has 122 valence electrons. The molecule has 1 aliphatic carbocycles. The highest BCUT2D eigenvalue weighted by molar-refractivity contribution is 9.10. The molecular formula is C23H17BrO. The Hall–Kier alpha value is -2.32. The van der Waals surface area contributed by atoms with Gasteiger partial charge in [-0.2, -0.15) is 0 Å². The van der Waals surface area contributed by atoms with Gasteiger partial charge in [-0.05, 0) is 84.0 Å². The Kier molecular flexibility index (Phi) is 3.36. The fourth-order valence-electron chi connectivity index (χ4n) is 3.78. The Morgan fingerprint density at radius 3 is 2.72 bits per heavy atom.